The molecule has 1 amide bonds. The summed E-state index contributed by atoms with van der Waals surface area (Å²) in [5.74, 6) is 0.162. The number of nitrogens with two attached hydrogens (primary N) is 1. The third-order valence-electron chi connectivity index (χ3n) is 5.10. The lowest BCUT2D eigenvalue weighted by atomic mass is 9.82. The summed E-state index contributed by atoms with van der Waals surface area (Å²) in [5.41, 5.74) is 5.14. The highest BCUT2D eigenvalue weighted by Crippen LogP contribution is 2.40. The number of hydrogen-bond acceptors (Lipinski definition) is 4. The van der Waals surface area contributed by atoms with E-state index in [1.54, 1.807) is 0 Å². The van der Waals surface area contributed by atoms with E-state index < -0.39 is 5.41 Å². The number of amides is 1. The Morgan fingerprint density at radius 3 is 2.57 bits per heavy atom. The maximum absolute atomic E-state index is 13.2. The molecule has 0 radical (unpaired) electrons. The monoisotopic (exact) mass is 296 g/mol. The Hall–Kier alpha value is -1.30. The second-order valence-electron chi connectivity index (χ2n) is 6.45. The standard InChI is InChI=1S/C15H28N4O2/c1-3-12-11-18(2)9-6-10-19(12)14(20)15(13(16)17-21)7-4-5-8-15/h12,21H,3-11H2,1-2H3,(H2,16,17). The van der Waals surface area contributed by atoms with Crippen LogP contribution in [0.1, 0.15) is 45.4 Å². The van der Waals surface area contributed by atoms with E-state index in [1.807, 2.05) is 4.90 Å². The molecule has 1 saturated heterocycles. The predicted molar refractivity (Wildman–Crippen MR) is 82.2 cm³/mol. The van der Waals surface area contributed by atoms with E-state index in [2.05, 4.69) is 24.0 Å². The summed E-state index contributed by atoms with van der Waals surface area (Å²) in [6.07, 6.45) is 5.24. The number of rotatable bonds is 3. The van der Waals surface area contributed by atoms with Gasteiger partial charge in [0.15, 0.2) is 5.84 Å². The molecule has 1 saturated carbocycles. The minimum atomic E-state index is -0.773. The molecule has 0 aromatic rings. The molecule has 2 rings (SSSR count). The van der Waals surface area contributed by atoms with Gasteiger partial charge in [-0.1, -0.05) is 24.9 Å². The van der Waals surface area contributed by atoms with Gasteiger partial charge in [-0.25, -0.2) is 0 Å². The van der Waals surface area contributed by atoms with Crippen molar-refractivity contribution >= 4 is 11.7 Å². The zero-order chi connectivity index (χ0) is 15.5. The summed E-state index contributed by atoms with van der Waals surface area (Å²) in [4.78, 5) is 17.5. The molecule has 21 heavy (non-hydrogen) atoms. The van der Waals surface area contributed by atoms with Crippen molar-refractivity contribution in [2.75, 3.05) is 26.7 Å². The van der Waals surface area contributed by atoms with Crippen LogP contribution in [-0.4, -0.2) is 59.5 Å². The van der Waals surface area contributed by atoms with Gasteiger partial charge in [0.1, 0.15) is 5.41 Å². The molecule has 6 heteroatoms. The van der Waals surface area contributed by atoms with Crippen molar-refractivity contribution < 1.29 is 10.0 Å². The quantitative estimate of drug-likeness (QED) is 0.355. The lowest BCUT2D eigenvalue weighted by Crippen LogP contribution is -2.54. The molecule has 6 nitrogen and oxygen atoms in total. The fourth-order valence-electron chi connectivity index (χ4n) is 3.79. The maximum Gasteiger partial charge on any atom is 0.236 e. The van der Waals surface area contributed by atoms with Gasteiger partial charge < -0.3 is 20.7 Å². The lowest BCUT2D eigenvalue weighted by Gasteiger charge is -2.37. The van der Waals surface area contributed by atoms with Gasteiger partial charge in [-0.05, 0) is 39.3 Å². The molecular formula is C15H28N4O2. The Morgan fingerprint density at radius 2 is 2.00 bits per heavy atom. The Bertz CT molecular complexity index is 404. The van der Waals surface area contributed by atoms with Crippen LogP contribution < -0.4 is 5.73 Å². The van der Waals surface area contributed by atoms with E-state index in [-0.39, 0.29) is 17.8 Å². The van der Waals surface area contributed by atoms with E-state index >= 15 is 0 Å². The Morgan fingerprint density at radius 1 is 1.33 bits per heavy atom. The Balaban J connectivity index is 2.26. The molecule has 1 aliphatic heterocycles. The van der Waals surface area contributed by atoms with Crippen molar-refractivity contribution in [2.24, 2.45) is 16.3 Å². The molecule has 120 valence electrons. The molecule has 1 aliphatic carbocycles. The summed E-state index contributed by atoms with van der Waals surface area (Å²) < 4.78 is 0. The fraction of sp³-hybridized carbons (Fsp3) is 0.867. The molecule has 1 heterocycles. The molecule has 2 fully saturated rings. The number of carbonyl (C=O) groups is 1. The van der Waals surface area contributed by atoms with E-state index in [9.17, 15) is 4.79 Å². The first kappa shape index (κ1) is 16.1. The third-order valence-corrected chi connectivity index (χ3v) is 5.10. The number of hydrogen-bond donors (Lipinski definition) is 2. The molecule has 2 aliphatic rings. The topological polar surface area (TPSA) is 82.2 Å². The summed E-state index contributed by atoms with van der Waals surface area (Å²) in [6, 6.07) is 0.217. The van der Waals surface area contributed by atoms with E-state index in [0.29, 0.717) is 12.8 Å². The van der Waals surface area contributed by atoms with Crippen LogP contribution in [0.4, 0.5) is 0 Å². The smallest absolute Gasteiger partial charge is 0.236 e. The molecule has 0 aromatic heterocycles. The molecule has 1 atom stereocenters. The maximum atomic E-state index is 13.2. The SMILES string of the molecule is CCC1CN(C)CCCN1C(=O)C1(C(N)=NO)CCCC1. The number of amidine groups is 1. The van der Waals surface area contributed by atoms with Crippen LogP contribution in [0.5, 0.6) is 0 Å². The molecular weight excluding hydrogens is 268 g/mol. The van der Waals surface area contributed by atoms with Crippen LogP contribution in [0.2, 0.25) is 0 Å². The van der Waals surface area contributed by atoms with Crippen LogP contribution >= 0.6 is 0 Å². The predicted octanol–water partition coefficient (Wildman–Crippen LogP) is 1.24. The lowest BCUT2D eigenvalue weighted by molar-refractivity contribution is -0.140. The summed E-state index contributed by atoms with van der Waals surface area (Å²) in [7, 11) is 2.10. The first-order valence-corrected chi connectivity index (χ1v) is 8.02. The summed E-state index contributed by atoms with van der Waals surface area (Å²) >= 11 is 0. The third kappa shape index (κ3) is 3.00. The van der Waals surface area contributed by atoms with Gasteiger partial charge in [0.25, 0.3) is 0 Å². The van der Waals surface area contributed by atoms with Crippen LogP contribution in [-0.2, 0) is 4.79 Å². The Labute approximate surface area is 127 Å². The molecule has 0 spiro atoms. The van der Waals surface area contributed by atoms with Crippen LogP contribution in [0.3, 0.4) is 0 Å². The van der Waals surface area contributed by atoms with Crippen molar-refractivity contribution in [1.82, 2.24) is 9.80 Å². The van der Waals surface area contributed by atoms with Gasteiger partial charge in [0.2, 0.25) is 5.91 Å². The minimum Gasteiger partial charge on any atom is -0.409 e. The molecule has 1 unspecified atom stereocenters. The number of nitrogens with zero attached hydrogens (tertiary/aromatic N) is 3. The van der Waals surface area contributed by atoms with Crippen LogP contribution in [0.25, 0.3) is 0 Å². The first-order valence-electron chi connectivity index (χ1n) is 8.02. The van der Waals surface area contributed by atoms with Gasteiger partial charge in [-0.3, -0.25) is 4.79 Å². The van der Waals surface area contributed by atoms with E-state index in [4.69, 9.17) is 10.9 Å². The van der Waals surface area contributed by atoms with Gasteiger partial charge in [-0.2, -0.15) is 0 Å². The largest absolute Gasteiger partial charge is 0.409 e. The Kier molecular flexibility index (Phi) is 5.08. The second kappa shape index (κ2) is 6.64. The van der Waals surface area contributed by atoms with Crippen molar-refractivity contribution in [3.05, 3.63) is 0 Å². The van der Waals surface area contributed by atoms with Crippen molar-refractivity contribution in [1.29, 1.82) is 0 Å². The zero-order valence-corrected chi connectivity index (χ0v) is 13.2. The molecule has 0 aromatic carbocycles. The highest BCUT2D eigenvalue weighted by Gasteiger charge is 2.48. The fourth-order valence-corrected chi connectivity index (χ4v) is 3.79. The van der Waals surface area contributed by atoms with Gasteiger partial charge in [0.05, 0.1) is 0 Å². The normalized spacial score (nSPS) is 27.6. The summed E-state index contributed by atoms with van der Waals surface area (Å²) in [6.45, 7) is 4.79. The number of likely N-dealkylation sites (N-methyl/N-ethyl adjacent to an activating group) is 1. The van der Waals surface area contributed by atoms with Crippen molar-refractivity contribution in [3.63, 3.8) is 0 Å². The summed E-state index contributed by atoms with van der Waals surface area (Å²) in [5, 5.41) is 12.3. The van der Waals surface area contributed by atoms with Crippen LogP contribution in [0.15, 0.2) is 5.16 Å². The number of oxime groups is 1. The van der Waals surface area contributed by atoms with Gasteiger partial charge in [-0.15, -0.1) is 0 Å². The molecule has 3 N–H and O–H groups in total. The van der Waals surface area contributed by atoms with E-state index in [0.717, 1.165) is 45.3 Å². The first-order chi connectivity index (χ1) is 10.0. The zero-order valence-electron chi connectivity index (χ0n) is 13.2. The average Bonchev–Trinajstić information content (AvgIpc) is 2.91. The van der Waals surface area contributed by atoms with Crippen LogP contribution in [0, 0.1) is 5.41 Å². The highest BCUT2D eigenvalue weighted by atomic mass is 16.4. The average molecular weight is 296 g/mol. The van der Waals surface area contributed by atoms with E-state index in [1.165, 1.54) is 0 Å². The second-order valence-corrected chi connectivity index (χ2v) is 6.45. The minimum absolute atomic E-state index is 0.0671. The van der Waals surface area contributed by atoms with Gasteiger partial charge >= 0.3 is 0 Å². The van der Waals surface area contributed by atoms with Gasteiger partial charge in [0, 0.05) is 19.1 Å². The van der Waals surface area contributed by atoms with Crippen molar-refractivity contribution in [3.8, 4) is 0 Å². The molecule has 0 bridgehead atoms. The highest BCUT2D eigenvalue weighted by molar-refractivity contribution is 6.07. The van der Waals surface area contributed by atoms with Crippen molar-refractivity contribution in [2.45, 2.75) is 51.5 Å². The number of carbonyl (C=O) groups excluding carboxylic acids is 1.